The highest BCUT2D eigenvalue weighted by Crippen LogP contribution is 2.35. The summed E-state index contributed by atoms with van der Waals surface area (Å²) in [4.78, 5) is 0. The minimum absolute atomic E-state index is 0.496. The lowest BCUT2D eigenvalue weighted by Crippen LogP contribution is -2.19. The van der Waals surface area contributed by atoms with Crippen LogP contribution in [0.3, 0.4) is 0 Å². The van der Waals surface area contributed by atoms with E-state index in [9.17, 15) is 0 Å². The smallest absolute Gasteiger partial charge is 0.0847 e. The van der Waals surface area contributed by atoms with Crippen LogP contribution in [-0.2, 0) is 16.1 Å². The van der Waals surface area contributed by atoms with Crippen molar-refractivity contribution in [2.24, 2.45) is 11.8 Å². The molecule has 1 fully saturated rings. The molecule has 1 aromatic carbocycles. The van der Waals surface area contributed by atoms with Crippen molar-refractivity contribution >= 4 is 0 Å². The molecule has 0 N–H and O–H groups in total. The summed E-state index contributed by atoms with van der Waals surface area (Å²) in [5, 5.41) is 0. The van der Waals surface area contributed by atoms with Gasteiger partial charge in [-0.2, -0.15) is 0 Å². The average molecular weight is 230 g/mol. The van der Waals surface area contributed by atoms with Gasteiger partial charge in [-0.15, -0.1) is 0 Å². The molecule has 0 saturated carbocycles. The summed E-state index contributed by atoms with van der Waals surface area (Å²) in [6.07, 6.45) is 6.21. The van der Waals surface area contributed by atoms with Gasteiger partial charge in [0, 0.05) is 5.92 Å². The van der Waals surface area contributed by atoms with Gasteiger partial charge in [-0.05, 0) is 17.9 Å². The first-order valence-corrected chi connectivity index (χ1v) is 6.33. The van der Waals surface area contributed by atoms with Gasteiger partial charge in [0.2, 0.25) is 0 Å². The summed E-state index contributed by atoms with van der Waals surface area (Å²) < 4.78 is 11.2. The van der Waals surface area contributed by atoms with E-state index >= 15 is 0 Å². The number of hydrogen-bond acceptors (Lipinski definition) is 2. The van der Waals surface area contributed by atoms with Crippen LogP contribution in [0, 0.1) is 11.8 Å². The predicted molar refractivity (Wildman–Crippen MR) is 66.6 cm³/mol. The minimum atomic E-state index is 0.496. The summed E-state index contributed by atoms with van der Waals surface area (Å²) in [7, 11) is 0. The highest BCUT2D eigenvalue weighted by Gasteiger charge is 2.38. The molecule has 1 aliphatic carbocycles. The molecule has 2 heteroatoms. The monoisotopic (exact) mass is 230 g/mol. The van der Waals surface area contributed by atoms with Crippen molar-refractivity contribution in [1.29, 1.82) is 0 Å². The van der Waals surface area contributed by atoms with Crippen molar-refractivity contribution in [2.45, 2.75) is 19.1 Å². The van der Waals surface area contributed by atoms with E-state index < -0.39 is 0 Å². The zero-order chi connectivity index (χ0) is 11.5. The van der Waals surface area contributed by atoms with Crippen LogP contribution in [0.1, 0.15) is 12.0 Å². The number of benzene rings is 1. The minimum Gasteiger partial charge on any atom is -0.376 e. The molecule has 0 bridgehead atoms. The fourth-order valence-electron chi connectivity index (χ4n) is 2.52. The molecule has 2 aliphatic rings. The van der Waals surface area contributed by atoms with Crippen LogP contribution in [0.4, 0.5) is 0 Å². The highest BCUT2D eigenvalue weighted by atomic mass is 16.6. The first kappa shape index (κ1) is 11.0. The van der Waals surface area contributed by atoms with E-state index in [-0.39, 0.29) is 0 Å². The van der Waals surface area contributed by atoms with Crippen LogP contribution in [0.2, 0.25) is 0 Å². The van der Waals surface area contributed by atoms with Crippen LogP contribution < -0.4 is 0 Å². The summed E-state index contributed by atoms with van der Waals surface area (Å²) in [5.74, 6) is 1.21. The van der Waals surface area contributed by atoms with Crippen molar-refractivity contribution in [3.63, 3.8) is 0 Å². The van der Waals surface area contributed by atoms with Gasteiger partial charge < -0.3 is 9.47 Å². The van der Waals surface area contributed by atoms with Gasteiger partial charge in [-0.25, -0.2) is 0 Å². The summed E-state index contributed by atoms with van der Waals surface area (Å²) in [6.45, 7) is 2.47. The van der Waals surface area contributed by atoms with E-state index in [4.69, 9.17) is 9.47 Å². The van der Waals surface area contributed by atoms with Crippen molar-refractivity contribution in [3.05, 3.63) is 48.0 Å². The third kappa shape index (κ3) is 2.76. The van der Waals surface area contributed by atoms with Gasteiger partial charge in [0.05, 0.1) is 25.9 Å². The van der Waals surface area contributed by atoms with E-state index in [1.807, 2.05) is 6.07 Å². The number of rotatable bonds is 5. The van der Waals surface area contributed by atoms with Crippen LogP contribution in [0.15, 0.2) is 42.5 Å². The molecule has 0 radical (unpaired) electrons. The van der Waals surface area contributed by atoms with Crippen LogP contribution in [0.25, 0.3) is 0 Å². The molecule has 90 valence electrons. The Kier molecular flexibility index (Phi) is 3.25. The molecule has 0 amide bonds. The number of epoxide rings is 1. The SMILES string of the molecule is C1=C[C@@H](COCc2ccccc2)[C@H]([C@@H]2CO2)C1. The Morgan fingerprint density at radius 1 is 1.24 bits per heavy atom. The van der Waals surface area contributed by atoms with E-state index in [1.165, 1.54) is 5.56 Å². The molecular weight excluding hydrogens is 212 g/mol. The topological polar surface area (TPSA) is 21.8 Å². The van der Waals surface area contributed by atoms with E-state index in [2.05, 4.69) is 36.4 Å². The third-order valence-corrected chi connectivity index (χ3v) is 3.60. The van der Waals surface area contributed by atoms with E-state index in [0.29, 0.717) is 24.5 Å². The Morgan fingerprint density at radius 3 is 2.82 bits per heavy atom. The lowest BCUT2D eigenvalue weighted by Gasteiger charge is -2.17. The summed E-state index contributed by atoms with van der Waals surface area (Å²) in [5.41, 5.74) is 1.24. The molecule has 1 saturated heterocycles. The van der Waals surface area contributed by atoms with E-state index in [1.54, 1.807) is 0 Å². The normalized spacial score (nSPS) is 30.7. The quantitative estimate of drug-likeness (QED) is 0.573. The molecule has 1 aromatic rings. The largest absolute Gasteiger partial charge is 0.376 e. The molecule has 17 heavy (non-hydrogen) atoms. The zero-order valence-corrected chi connectivity index (χ0v) is 9.92. The van der Waals surface area contributed by atoms with Crippen molar-refractivity contribution in [2.75, 3.05) is 13.2 Å². The maximum atomic E-state index is 5.80. The number of ether oxygens (including phenoxy) is 2. The Balaban J connectivity index is 1.46. The molecule has 1 aliphatic heterocycles. The van der Waals surface area contributed by atoms with Crippen LogP contribution in [-0.4, -0.2) is 19.3 Å². The number of allylic oxidation sites excluding steroid dienone is 1. The average Bonchev–Trinajstić information content (AvgIpc) is 3.11. The van der Waals surface area contributed by atoms with E-state index in [0.717, 1.165) is 19.6 Å². The van der Waals surface area contributed by atoms with Gasteiger partial charge in [0.1, 0.15) is 0 Å². The van der Waals surface area contributed by atoms with Gasteiger partial charge in [0.15, 0.2) is 0 Å². The summed E-state index contributed by atoms with van der Waals surface area (Å²) in [6, 6.07) is 10.3. The second-order valence-electron chi connectivity index (χ2n) is 4.86. The molecule has 0 aromatic heterocycles. The van der Waals surface area contributed by atoms with Crippen LogP contribution >= 0.6 is 0 Å². The number of hydrogen-bond donors (Lipinski definition) is 0. The zero-order valence-electron chi connectivity index (χ0n) is 9.92. The maximum Gasteiger partial charge on any atom is 0.0847 e. The lowest BCUT2D eigenvalue weighted by atomic mass is 9.93. The Hall–Kier alpha value is -1.12. The molecule has 3 atom stereocenters. The van der Waals surface area contributed by atoms with Gasteiger partial charge in [-0.1, -0.05) is 42.5 Å². The molecule has 2 nitrogen and oxygen atoms in total. The van der Waals surface area contributed by atoms with Crippen molar-refractivity contribution in [3.8, 4) is 0 Å². The molecule has 0 unspecified atom stereocenters. The summed E-state index contributed by atoms with van der Waals surface area (Å²) >= 11 is 0. The van der Waals surface area contributed by atoms with Crippen molar-refractivity contribution in [1.82, 2.24) is 0 Å². The third-order valence-electron chi connectivity index (χ3n) is 3.60. The fraction of sp³-hybridized carbons (Fsp3) is 0.467. The van der Waals surface area contributed by atoms with Gasteiger partial charge in [0.25, 0.3) is 0 Å². The molecule has 3 rings (SSSR count). The van der Waals surface area contributed by atoms with Gasteiger partial charge in [-0.3, -0.25) is 0 Å². The predicted octanol–water partition coefficient (Wildman–Crippen LogP) is 2.79. The first-order valence-electron chi connectivity index (χ1n) is 6.33. The lowest BCUT2D eigenvalue weighted by molar-refractivity contribution is 0.0802. The second kappa shape index (κ2) is 5.03. The molecular formula is C15H18O2. The molecule has 0 spiro atoms. The molecule has 1 heterocycles. The Bertz CT molecular complexity index is 381. The van der Waals surface area contributed by atoms with Crippen LogP contribution in [0.5, 0.6) is 0 Å². The standard InChI is InChI=1S/C15H18O2/c1-2-5-12(6-3-1)9-16-10-13-7-4-8-14(13)15-11-17-15/h1-7,13-15H,8-11H2/t13-,14+,15-/m0/s1. The highest BCUT2D eigenvalue weighted by molar-refractivity contribution is 5.13. The second-order valence-corrected chi connectivity index (χ2v) is 4.86. The van der Waals surface area contributed by atoms with Gasteiger partial charge >= 0.3 is 0 Å². The maximum absolute atomic E-state index is 5.80. The van der Waals surface area contributed by atoms with Crippen molar-refractivity contribution < 1.29 is 9.47 Å². The fourth-order valence-corrected chi connectivity index (χ4v) is 2.52. The first-order chi connectivity index (χ1) is 8.43. The Morgan fingerprint density at radius 2 is 2.06 bits per heavy atom. The Labute approximate surface area is 102 Å².